The van der Waals surface area contributed by atoms with Gasteiger partial charge < -0.3 is 44.3 Å². The molecule has 0 spiro atoms. The third-order valence-electron chi connectivity index (χ3n) is 9.30. The Morgan fingerprint density at radius 2 is 1.57 bits per heavy atom. The number of nitrogens with one attached hydrogen (secondary N) is 2. The van der Waals surface area contributed by atoms with Crippen LogP contribution in [0, 0.1) is 12.3 Å². The van der Waals surface area contributed by atoms with Gasteiger partial charge in [-0.3, -0.25) is 19.2 Å². The Bertz CT molecular complexity index is 1710. The number of aliphatic hydroxyl groups is 1. The lowest BCUT2D eigenvalue weighted by atomic mass is 9.85. The summed E-state index contributed by atoms with van der Waals surface area (Å²) in [7, 11) is 1.37. The highest BCUT2D eigenvalue weighted by atomic mass is 32.1. The number of nitrogens with zero attached hydrogens (tertiary/aromatic N) is 2. The van der Waals surface area contributed by atoms with Gasteiger partial charge in [0.25, 0.3) is 0 Å². The average molecular weight is 797 g/mol. The first kappa shape index (κ1) is 44.3. The van der Waals surface area contributed by atoms with E-state index in [0.717, 1.165) is 27.3 Å². The molecular formula is C41H56N4O10S. The van der Waals surface area contributed by atoms with Crippen molar-refractivity contribution in [1.29, 1.82) is 0 Å². The van der Waals surface area contributed by atoms with Crippen molar-refractivity contribution in [3.63, 3.8) is 0 Å². The number of aromatic nitrogens is 1. The Morgan fingerprint density at radius 3 is 2.18 bits per heavy atom. The number of aryl methyl sites for hydroxylation is 2. The lowest BCUT2D eigenvalue weighted by molar-refractivity contribution is -0.144. The van der Waals surface area contributed by atoms with Crippen molar-refractivity contribution in [3.8, 4) is 16.2 Å². The van der Waals surface area contributed by atoms with Gasteiger partial charge in [0.2, 0.25) is 17.7 Å². The van der Waals surface area contributed by atoms with Crippen LogP contribution in [-0.2, 0) is 44.5 Å². The number of benzene rings is 2. The Morgan fingerprint density at radius 1 is 0.929 bits per heavy atom. The minimum absolute atomic E-state index is 0.0180. The highest BCUT2D eigenvalue weighted by Crippen LogP contribution is 2.29. The van der Waals surface area contributed by atoms with Crippen LogP contribution in [0.5, 0.6) is 5.75 Å². The van der Waals surface area contributed by atoms with Crippen LogP contribution in [0.3, 0.4) is 0 Å². The third-order valence-corrected chi connectivity index (χ3v) is 10.3. The van der Waals surface area contributed by atoms with Crippen LogP contribution in [0.25, 0.3) is 10.4 Å². The van der Waals surface area contributed by atoms with Crippen molar-refractivity contribution >= 4 is 35.0 Å². The Kier molecular flexibility index (Phi) is 17.2. The Balaban J connectivity index is 1.13. The van der Waals surface area contributed by atoms with Crippen LogP contribution in [-0.4, -0.2) is 117 Å². The molecule has 14 nitrogen and oxygen atoms in total. The molecule has 2 aromatic carbocycles. The number of methoxy groups -OCH3 is 1. The fraction of sp³-hybridized carbons (Fsp3) is 0.537. The van der Waals surface area contributed by atoms with E-state index in [-0.39, 0.29) is 50.7 Å². The molecule has 2 heterocycles. The number of likely N-dealkylation sites (tertiary alicyclic amines) is 1. The zero-order valence-electron chi connectivity index (χ0n) is 33.2. The van der Waals surface area contributed by atoms with Crippen LogP contribution in [0.1, 0.15) is 63.4 Å². The van der Waals surface area contributed by atoms with E-state index in [1.165, 1.54) is 12.0 Å². The maximum absolute atomic E-state index is 13.9. The van der Waals surface area contributed by atoms with Crippen molar-refractivity contribution in [2.24, 2.45) is 5.41 Å². The Labute approximate surface area is 333 Å². The minimum Gasteiger partial charge on any atom is -0.491 e. The summed E-state index contributed by atoms with van der Waals surface area (Å²) in [5.74, 6) is -0.836. The summed E-state index contributed by atoms with van der Waals surface area (Å²) in [6.07, 6.45) is 0.156. The molecule has 1 fully saturated rings. The number of carbonyl (C=O) groups is 4. The number of rotatable bonds is 21. The van der Waals surface area contributed by atoms with Gasteiger partial charge in [-0.05, 0) is 54.5 Å². The van der Waals surface area contributed by atoms with Gasteiger partial charge in [-0.25, -0.2) is 4.98 Å². The van der Waals surface area contributed by atoms with Crippen LogP contribution in [0.15, 0.2) is 54.0 Å². The summed E-state index contributed by atoms with van der Waals surface area (Å²) in [5, 5.41) is 16.3. The van der Waals surface area contributed by atoms with Gasteiger partial charge in [0.05, 0.1) is 68.4 Å². The van der Waals surface area contributed by atoms with Crippen molar-refractivity contribution in [1.82, 2.24) is 20.5 Å². The van der Waals surface area contributed by atoms with Crippen molar-refractivity contribution < 1.29 is 48.0 Å². The second-order valence-corrected chi connectivity index (χ2v) is 15.6. The van der Waals surface area contributed by atoms with Gasteiger partial charge in [-0.2, -0.15) is 0 Å². The van der Waals surface area contributed by atoms with E-state index in [2.05, 4.69) is 20.4 Å². The largest absolute Gasteiger partial charge is 0.491 e. The van der Waals surface area contributed by atoms with Crippen LogP contribution >= 0.6 is 11.3 Å². The number of carbonyl (C=O) groups excluding carboxylic acids is 4. The number of aliphatic hydroxyl groups excluding tert-OH is 1. The molecule has 3 amide bonds. The maximum Gasteiger partial charge on any atom is 0.305 e. The summed E-state index contributed by atoms with van der Waals surface area (Å²) in [5.41, 5.74) is 5.05. The molecule has 0 radical (unpaired) electrons. The van der Waals surface area contributed by atoms with Gasteiger partial charge in [0, 0.05) is 19.4 Å². The molecule has 3 aromatic rings. The summed E-state index contributed by atoms with van der Waals surface area (Å²) in [4.78, 5) is 58.4. The smallest absolute Gasteiger partial charge is 0.305 e. The molecule has 0 aliphatic carbocycles. The molecule has 1 aliphatic rings. The number of esters is 1. The first-order valence-electron chi connectivity index (χ1n) is 18.9. The van der Waals surface area contributed by atoms with E-state index in [4.69, 9.17) is 18.9 Å². The molecule has 0 saturated carbocycles. The van der Waals surface area contributed by atoms with Crippen LogP contribution in [0.4, 0.5) is 0 Å². The first-order chi connectivity index (χ1) is 26.8. The number of β-amino-alcohol motifs (C(OH)–C–C–N with tert-alkyl or cyclic N) is 1. The molecular weight excluding hydrogens is 741 g/mol. The number of hydrogen-bond donors (Lipinski definition) is 3. The monoisotopic (exact) mass is 796 g/mol. The zero-order valence-corrected chi connectivity index (χ0v) is 34.0. The van der Waals surface area contributed by atoms with Crippen molar-refractivity contribution in [3.05, 3.63) is 70.9 Å². The second kappa shape index (κ2) is 21.8. The standard InChI is InChI=1S/C41H56N4O10S/c1-27(30-10-12-31(13-11-30)37-28(2)42-26-56-37)43-39(49)34-23-32(46)24-45(34)40(50)38(41(3,4)5)44-35(47)25-54-20-19-52-17-18-53-21-22-55-33-14-7-29(8-15-33)9-16-36(48)51-6/h7-8,10-15,26-27,32,34,38,46H,9,16-25H2,1-6H3,(H,43,49)(H,44,47)/t27-,32+,34-,38+/m0/s1. The average Bonchev–Trinajstić information content (AvgIpc) is 3.79. The SMILES string of the molecule is COC(=O)CCc1ccc(OCCOCCOCCOCC(=O)N[C@H](C(=O)N2C[C@H](O)C[C@H]2C(=O)N[C@@H](C)c2ccc(-c3scnc3C)cc2)C(C)(C)C)cc1. The molecule has 306 valence electrons. The van der Waals surface area contributed by atoms with E-state index < -0.39 is 35.4 Å². The molecule has 0 unspecified atom stereocenters. The Hall–Kier alpha value is -4.41. The quantitative estimate of drug-likeness (QED) is 0.105. The summed E-state index contributed by atoms with van der Waals surface area (Å²) in [6.45, 7) is 10.9. The van der Waals surface area contributed by atoms with Crippen molar-refractivity contribution in [2.75, 3.05) is 59.9 Å². The molecule has 4 atom stereocenters. The van der Waals surface area contributed by atoms with E-state index in [0.29, 0.717) is 45.0 Å². The highest BCUT2D eigenvalue weighted by Gasteiger charge is 2.44. The number of hydrogen-bond acceptors (Lipinski definition) is 12. The van der Waals surface area contributed by atoms with E-state index in [1.807, 2.05) is 88.7 Å². The van der Waals surface area contributed by atoms with Crippen molar-refractivity contribution in [2.45, 2.75) is 78.1 Å². The molecule has 3 N–H and O–H groups in total. The van der Waals surface area contributed by atoms with E-state index in [1.54, 1.807) is 11.3 Å². The number of thiazole rings is 1. The molecule has 0 bridgehead atoms. The normalized spacial score (nSPS) is 16.6. The highest BCUT2D eigenvalue weighted by molar-refractivity contribution is 7.13. The first-order valence-corrected chi connectivity index (χ1v) is 19.7. The molecule has 1 saturated heterocycles. The zero-order chi connectivity index (χ0) is 40.7. The molecule has 56 heavy (non-hydrogen) atoms. The maximum atomic E-state index is 13.9. The fourth-order valence-electron chi connectivity index (χ4n) is 6.14. The van der Waals surface area contributed by atoms with Gasteiger partial charge in [-0.1, -0.05) is 57.2 Å². The lowest BCUT2D eigenvalue weighted by Crippen LogP contribution is -2.58. The fourth-order valence-corrected chi connectivity index (χ4v) is 6.95. The summed E-state index contributed by atoms with van der Waals surface area (Å²) < 4.78 is 26.9. The van der Waals surface area contributed by atoms with E-state index in [9.17, 15) is 24.3 Å². The van der Waals surface area contributed by atoms with Gasteiger partial charge in [-0.15, -0.1) is 11.3 Å². The lowest BCUT2D eigenvalue weighted by Gasteiger charge is -2.35. The third kappa shape index (κ3) is 13.7. The minimum atomic E-state index is -0.964. The van der Waals surface area contributed by atoms with Gasteiger partial charge in [0.15, 0.2) is 0 Å². The topological polar surface area (TPSA) is 175 Å². The van der Waals surface area contributed by atoms with Crippen LogP contribution in [0.2, 0.25) is 0 Å². The second-order valence-electron chi connectivity index (χ2n) is 14.7. The van der Waals surface area contributed by atoms with Crippen LogP contribution < -0.4 is 15.4 Å². The molecule has 1 aromatic heterocycles. The number of ether oxygens (including phenoxy) is 5. The predicted octanol–water partition coefficient (Wildman–Crippen LogP) is 4.02. The predicted molar refractivity (Wildman–Crippen MR) is 211 cm³/mol. The number of amides is 3. The summed E-state index contributed by atoms with van der Waals surface area (Å²) in [6, 6.07) is 13.2. The summed E-state index contributed by atoms with van der Waals surface area (Å²) >= 11 is 1.57. The molecule has 1 aliphatic heterocycles. The molecule has 4 rings (SSSR count). The van der Waals surface area contributed by atoms with Gasteiger partial charge in [0.1, 0.15) is 31.0 Å². The van der Waals surface area contributed by atoms with Gasteiger partial charge >= 0.3 is 5.97 Å². The van der Waals surface area contributed by atoms with E-state index >= 15 is 0 Å². The molecule has 15 heteroatoms.